The van der Waals surface area contributed by atoms with Crippen molar-refractivity contribution in [3.8, 4) is 0 Å². The van der Waals surface area contributed by atoms with E-state index in [0.29, 0.717) is 11.6 Å². The highest BCUT2D eigenvalue weighted by atomic mass is 16.5. The van der Waals surface area contributed by atoms with Gasteiger partial charge >= 0.3 is 0 Å². The van der Waals surface area contributed by atoms with Crippen molar-refractivity contribution < 1.29 is 4.74 Å². The summed E-state index contributed by atoms with van der Waals surface area (Å²) in [6.45, 7) is 9.00. The van der Waals surface area contributed by atoms with E-state index in [1.165, 1.54) is 37.9 Å². The number of likely N-dealkylation sites (tertiary alicyclic amines) is 1. The predicted octanol–water partition coefficient (Wildman–Crippen LogP) is 2.93. The molecule has 3 unspecified atom stereocenters. The predicted molar refractivity (Wildman–Crippen MR) is 88.9 cm³/mol. The van der Waals surface area contributed by atoms with Crippen LogP contribution >= 0.6 is 0 Å². The average Bonchev–Trinajstić information content (AvgIpc) is 3.01. The summed E-state index contributed by atoms with van der Waals surface area (Å²) in [5.41, 5.74) is 1.94. The molecule has 3 atom stereocenters. The van der Waals surface area contributed by atoms with Crippen LogP contribution in [0.4, 0.5) is 0 Å². The summed E-state index contributed by atoms with van der Waals surface area (Å²) < 4.78 is 5.56. The Morgan fingerprint density at radius 1 is 1.14 bits per heavy atom. The third kappa shape index (κ3) is 2.60. The van der Waals surface area contributed by atoms with Gasteiger partial charge in [0.1, 0.15) is 0 Å². The van der Waals surface area contributed by atoms with Crippen LogP contribution < -0.4 is 0 Å². The van der Waals surface area contributed by atoms with E-state index in [-0.39, 0.29) is 0 Å². The summed E-state index contributed by atoms with van der Waals surface area (Å²) in [6.07, 6.45) is 4.02. The topological polar surface area (TPSA) is 15.7 Å². The van der Waals surface area contributed by atoms with Gasteiger partial charge in [0, 0.05) is 31.2 Å². The molecule has 3 heteroatoms. The van der Waals surface area contributed by atoms with E-state index in [1.807, 2.05) is 0 Å². The summed E-state index contributed by atoms with van der Waals surface area (Å²) >= 11 is 0. The maximum atomic E-state index is 5.56. The lowest BCUT2D eigenvalue weighted by Gasteiger charge is -2.39. The van der Waals surface area contributed by atoms with Crippen molar-refractivity contribution in [2.45, 2.75) is 37.8 Å². The van der Waals surface area contributed by atoms with Gasteiger partial charge in [-0.05, 0) is 37.3 Å². The SMILES string of the molecule is CC1CC1(CN1CCCC1c1ccccc1)N1CCOCC1. The van der Waals surface area contributed by atoms with Gasteiger partial charge in [-0.15, -0.1) is 0 Å². The molecule has 120 valence electrons. The smallest absolute Gasteiger partial charge is 0.0594 e. The lowest BCUT2D eigenvalue weighted by atomic mass is 10.0. The highest BCUT2D eigenvalue weighted by molar-refractivity contribution is 5.21. The molecule has 0 amide bonds. The second-order valence-corrected chi connectivity index (χ2v) is 7.35. The molecule has 3 aliphatic rings. The molecule has 1 aliphatic carbocycles. The maximum absolute atomic E-state index is 5.56. The summed E-state index contributed by atoms with van der Waals surface area (Å²) in [5, 5.41) is 0. The van der Waals surface area contributed by atoms with E-state index in [0.717, 1.165) is 32.2 Å². The first-order chi connectivity index (χ1) is 10.8. The average molecular weight is 300 g/mol. The molecule has 1 aromatic carbocycles. The number of nitrogens with zero attached hydrogens (tertiary/aromatic N) is 2. The molecule has 3 nitrogen and oxygen atoms in total. The summed E-state index contributed by atoms with van der Waals surface area (Å²) in [4.78, 5) is 5.48. The molecule has 0 N–H and O–H groups in total. The van der Waals surface area contributed by atoms with Gasteiger partial charge in [-0.3, -0.25) is 9.80 Å². The Morgan fingerprint density at radius 2 is 1.86 bits per heavy atom. The minimum atomic E-state index is 0.432. The fraction of sp³-hybridized carbons (Fsp3) is 0.684. The van der Waals surface area contributed by atoms with Crippen LogP contribution in [0.5, 0.6) is 0 Å². The van der Waals surface area contributed by atoms with Gasteiger partial charge in [-0.1, -0.05) is 37.3 Å². The third-order valence-corrected chi connectivity index (χ3v) is 6.08. The molecule has 2 heterocycles. The summed E-state index contributed by atoms with van der Waals surface area (Å²) in [7, 11) is 0. The summed E-state index contributed by atoms with van der Waals surface area (Å²) in [5.74, 6) is 0.836. The monoisotopic (exact) mass is 300 g/mol. The van der Waals surface area contributed by atoms with Crippen molar-refractivity contribution in [1.29, 1.82) is 0 Å². The largest absolute Gasteiger partial charge is 0.379 e. The van der Waals surface area contributed by atoms with E-state index in [1.54, 1.807) is 0 Å². The fourth-order valence-corrected chi connectivity index (χ4v) is 4.66. The van der Waals surface area contributed by atoms with Crippen LogP contribution in [-0.2, 0) is 4.74 Å². The molecule has 0 aromatic heterocycles. The number of hydrogen-bond acceptors (Lipinski definition) is 3. The van der Waals surface area contributed by atoms with Crippen LogP contribution in [0, 0.1) is 5.92 Å². The van der Waals surface area contributed by atoms with Crippen LogP contribution in [0.25, 0.3) is 0 Å². The first kappa shape index (κ1) is 14.7. The quantitative estimate of drug-likeness (QED) is 0.850. The normalized spacial score (nSPS) is 36.6. The Labute approximate surface area is 134 Å². The van der Waals surface area contributed by atoms with Crippen molar-refractivity contribution in [3.05, 3.63) is 35.9 Å². The van der Waals surface area contributed by atoms with Crippen LogP contribution in [0.3, 0.4) is 0 Å². The van der Waals surface area contributed by atoms with Crippen molar-refractivity contribution in [2.75, 3.05) is 39.4 Å². The lowest BCUT2D eigenvalue weighted by molar-refractivity contribution is -0.00530. The van der Waals surface area contributed by atoms with E-state index in [2.05, 4.69) is 47.1 Å². The highest BCUT2D eigenvalue weighted by Gasteiger charge is 2.56. The number of morpholine rings is 1. The first-order valence-corrected chi connectivity index (χ1v) is 8.91. The zero-order chi connectivity index (χ0) is 15.0. The van der Waals surface area contributed by atoms with Gasteiger partial charge in [0.2, 0.25) is 0 Å². The van der Waals surface area contributed by atoms with Gasteiger partial charge in [0.05, 0.1) is 13.2 Å². The maximum Gasteiger partial charge on any atom is 0.0594 e. The van der Waals surface area contributed by atoms with Gasteiger partial charge in [-0.25, -0.2) is 0 Å². The molecule has 2 saturated heterocycles. The Bertz CT molecular complexity index is 499. The summed E-state index contributed by atoms with van der Waals surface area (Å²) in [6, 6.07) is 11.7. The number of ether oxygens (including phenoxy) is 1. The molecule has 3 fully saturated rings. The van der Waals surface area contributed by atoms with E-state index >= 15 is 0 Å². The molecular weight excluding hydrogens is 272 g/mol. The molecule has 1 aromatic rings. The van der Waals surface area contributed by atoms with Gasteiger partial charge < -0.3 is 4.74 Å². The highest BCUT2D eigenvalue weighted by Crippen LogP contribution is 2.50. The van der Waals surface area contributed by atoms with Crippen LogP contribution in [0.15, 0.2) is 30.3 Å². The van der Waals surface area contributed by atoms with Crippen LogP contribution in [0.2, 0.25) is 0 Å². The first-order valence-electron chi connectivity index (χ1n) is 8.91. The second kappa shape index (κ2) is 5.95. The van der Waals surface area contributed by atoms with Crippen LogP contribution in [-0.4, -0.2) is 54.7 Å². The Kier molecular flexibility index (Phi) is 3.97. The molecule has 0 spiro atoms. The molecule has 4 rings (SSSR count). The molecule has 0 radical (unpaired) electrons. The number of rotatable bonds is 4. The number of benzene rings is 1. The number of hydrogen-bond donors (Lipinski definition) is 0. The fourth-order valence-electron chi connectivity index (χ4n) is 4.66. The van der Waals surface area contributed by atoms with Gasteiger partial charge in [-0.2, -0.15) is 0 Å². The molecule has 22 heavy (non-hydrogen) atoms. The molecular formula is C19H28N2O. The second-order valence-electron chi connectivity index (χ2n) is 7.35. The zero-order valence-corrected chi connectivity index (χ0v) is 13.7. The van der Waals surface area contributed by atoms with E-state index in [4.69, 9.17) is 4.74 Å². The standard InChI is InChI=1S/C19H28N2O/c1-16-14-19(16,21-10-12-22-13-11-21)15-20-9-5-8-18(20)17-6-3-2-4-7-17/h2-4,6-7,16,18H,5,8-15H2,1H3. The van der Waals surface area contributed by atoms with Crippen molar-refractivity contribution >= 4 is 0 Å². The third-order valence-electron chi connectivity index (χ3n) is 6.08. The van der Waals surface area contributed by atoms with E-state index in [9.17, 15) is 0 Å². The van der Waals surface area contributed by atoms with E-state index < -0.39 is 0 Å². The minimum absolute atomic E-state index is 0.432. The Morgan fingerprint density at radius 3 is 2.55 bits per heavy atom. The molecule has 0 bridgehead atoms. The molecule has 2 aliphatic heterocycles. The Hall–Kier alpha value is -0.900. The van der Waals surface area contributed by atoms with Crippen molar-refractivity contribution in [3.63, 3.8) is 0 Å². The van der Waals surface area contributed by atoms with Crippen molar-refractivity contribution in [2.24, 2.45) is 5.92 Å². The lowest BCUT2D eigenvalue weighted by Crippen LogP contribution is -2.51. The zero-order valence-electron chi connectivity index (χ0n) is 13.7. The van der Waals surface area contributed by atoms with Crippen LogP contribution in [0.1, 0.15) is 37.8 Å². The van der Waals surface area contributed by atoms with Gasteiger partial charge in [0.15, 0.2) is 0 Å². The van der Waals surface area contributed by atoms with Gasteiger partial charge in [0.25, 0.3) is 0 Å². The minimum Gasteiger partial charge on any atom is -0.379 e. The van der Waals surface area contributed by atoms with Crippen molar-refractivity contribution in [1.82, 2.24) is 9.80 Å². The Balaban J connectivity index is 1.49. The molecule has 1 saturated carbocycles.